The number of aliphatic hydroxyl groups is 1. The first-order valence-electron chi connectivity index (χ1n) is 6.59. The molecule has 1 atom stereocenters. The third-order valence-corrected chi connectivity index (χ3v) is 4.38. The second-order valence-electron chi connectivity index (χ2n) is 4.57. The summed E-state index contributed by atoms with van der Waals surface area (Å²) in [5.74, 6) is 0. The van der Waals surface area contributed by atoms with Gasteiger partial charge in [-0.1, -0.05) is 41.6 Å². The fourth-order valence-electron chi connectivity index (χ4n) is 1.98. The van der Waals surface area contributed by atoms with Gasteiger partial charge in [0.25, 0.3) is 0 Å². The molecule has 3 N–H and O–H groups in total. The summed E-state index contributed by atoms with van der Waals surface area (Å²) in [5.41, 5.74) is 7.34. The quantitative estimate of drug-likeness (QED) is 0.838. The monoisotopic (exact) mass is 307 g/mol. The minimum atomic E-state index is -0.0434. The van der Waals surface area contributed by atoms with Gasteiger partial charge in [-0.2, -0.15) is 0 Å². The van der Waals surface area contributed by atoms with Crippen LogP contribution in [0.3, 0.4) is 0 Å². The summed E-state index contributed by atoms with van der Waals surface area (Å²) < 4.78 is 0. The Labute approximate surface area is 129 Å². The van der Waals surface area contributed by atoms with E-state index in [1.165, 1.54) is 0 Å². The van der Waals surface area contributed by atoms with Gasteiger partial charge in [0.05, 0.1) is 0 Å². The largest absolute Gasteiger partial charge is 0.396 e. The summed E-state index contributed by atoms with van der Waals surface area (Å²) in [6.45, 7) is 0.181. The molecule has 4 heteroatoms. The zero-order valence-electron chi connectivity index (χ0n) is 11.1. The lowest BCUT2D eigenvalue weighted by Gasteiger charge is -2.15. The SMILES string of the molecule is N[C@@H](CCCO)c1ccccc1Sc1ccc(Cl)cc1. The second-order valence-corrected chi connectivity index (χ2v) is 6.12. The Hall–Kier alpha value is -1.00. The second kappa shape index (κ2) is 7.70. The van der Waals surface area contributed by atoms with E-state index >= 15 is 0 Å². The van der Waals surface area contributed by atoms with E-state index in [9.17, 15) is 0 Å². The lowest BCUT2D eigenvalue weighted by molar-refractivity contribution is 0.279. The van der Waals surface area contributed by atoms with E-state index < -0.39 is 0 Å². The maximum absolute atomic E-state index is 8.92. The summed E-state index contributed by atoms with van der Waals surface area (Å²) in [6.07, 6.45) is 1.51. The van der Waals surface area contributed by atoms with Crippen LogP contribution >= 0.6 is 23.4 Å². The predicted octanol–water partition coefficient (Wildman–Crippen LogP) is 4.26. The van der Waals surface area contributed by atoms with E-state index in [2.05, 4.69) is 12.1 Å². The molecule has 0 spiro atoms. The number of rotatable bonds is 6. The van der Waals surface area contributed by atoms with Gasteiger partial charge in [0.2, 0.25) is 0 Å². The molecule has 0 amide bonds. The first-order chi connectivity index (χ1) is 9.70. The first kappa shape index (κ1) is 15.4. The van der Waals surface area contributed by atoms with Crippen molar-refractivity contribution >= 4 is 23.4 Å². The molecule has 20 heavy (non-hydrogen) atoms. The van der Waals surface area contributed by atoms with E-state index in [-0.39, 0.29) is 12.6 Å². The molecule has 0 aliphatic heterocycles. The van der Waals surface area contributed by atoms with Gasteiger partial charge >= 0.3 is 0 Å². The van der Waals surface area contributed by atoms with E-state index in [4.69, 9.17) is 22.4 Å². The van der Waals surface area contributed by atoms with Crippen LogP contribution < -0.4 is 5.73 Å². The van der Waals surface area contributed by atoms with Gasteiger partial charge in [0.1, 0.15) is 0 Å². The number of aliphatic hydroxyl groups excluding tert-OH is 1. The average molecular weight is 308 g/mol. The van der Waals surface area contributed by atoms with Gasteiger partial charge < -0.3 is 10.8 Å². The summed E-state index contributed by atoms with van der Waals surface area (Å²) >= 11 is 7.58. The average Bonchev–Trinajstić information content (AvgIpc) is 2.48. The van der Waals surface area contributed by atoms with Crippen LogP contribution in [0.1, 0.15) is 24.4 Å². The Morgan fingerprint density at radius 3 is 2.50 bits per heavy atom. The Morgan fingerprint density at radius 1 is 1.10 bits per heavy atom. The molecule has 0 radical (unpaired) electrons. The number of nitrogens with two attached hydrogens (primary N) is 1. The van der Waals surface area contributed by atoms with Crippen LogP contribution in [-0.4, -0.2) is 11.7 Å². The highest BCUT2D eigenvalue weighted by Gasteiger charge is 2.11. The maximum atomic E-state index is 8.92. The molecule has 0 fully saturated rings. The molecule has 2 aromatic carbocycles. The third-order valence-electron chi connectivity index (χ3n) is 3.03. The zero-order valence-corrected chi connectivity index (χ0v) is 12.7. The molecule has 0 saturated heterocycles. The Kier molecular flexibility index (Phi) is 5.92. The van der Waals surface area contributed by atoms with Crippen LogP contribution in [0, 0.1) is 0 Å². The van der Waals surface area contributed by atoms with Crippen LogP contribution in [0.5, 0.6) is 0 Å². The first-order valence-corrected chi connectivity index (χ1v) is 7.79. The highest BCUT2D eigenvalue weighted by atomic mass is 35.5. The third kappa shape index (κ3) is 4.25. The molecule has 0 heterocycles. The van der Waals surface area contributed by atoms with Crippen LogP contribution in [0.25, 0.3) is 0 Å². The Bertz CT molecular complexity index is 544. The molecule has 0 unspecified atom stereocenters. The van der Waals surface area contributed by atoms with Crippen LogP contribution in [-0.2, 0) is 0 Å². The maximum Gasteiger partial charge on any atom is 0.0431 e. The van der Waals surface area contributed by atoms with Crippen molar-refractivity contribution in [3.8, 4) is 0 Å². The summed E-state index contributed by atoms with van der Waals surface area (Å²) in [5, 5.41) is 9.66. The Morgan fingerprint density at radius 2 is 1.80 bits per heavy atom. The van der Waals surface area contributed by atoms with Crippen molar-refractivity contribution in [2.45, 2.75) is 28.7 Å². The molecule has 2 rings (SSSR count). The lowest BCUT2D eigenvalue weighted by Crippen LogP contribution is -2.11. The van der Waals surface area contributed by atoms with Crippen molar-refractivity contribution in [2.24, 2.45) is 5.73 Å². The smallest absolute Gasteiger partial charge is 0.0431 e. The molecule has 0 aliphatic carbocycles. The van der Waals surface area contributed by atoms with E-state index in [0.717, 1.165) is 33.2 Å². The molecule has 2 nitrogen and oxygen atoms in total. The van der Waals surface area contributed by atoms with Crippen LogP contribution in [0.4, 0.5) is 0 Å². The summed E-state index contributed by atoms with van der Waals surface area (Å²) in [4.78, 5) is 2.29. The number of hydrogen-bond donors (Lipinski definition) is 2. The molecule has 106 valence electrons. The van der Waals surface area contributed by atoms with Crippen molar-refractivity contribution < 1.29 is 5.11 Å². The van der Waals surface area contributed by atoms with Gasteiger partial charge in [-0.15, -0.1) is 0 Å². The van der Waals surface area contributed by atoms with Gasteiger partial charge in [0, 0.05) is 27.5 Å². The molecule has 0 bridgehead atoms. The number of benzene rings is 2. The highest BCUT2D eigenvalue weighted by molar-refractivity contribution is 7.99. The minimum Gasteiger partial charge on any atom is -0.396 e. The van der Waals surface area contributed by atoms with Gasteiger partial charge in [0.15, 0.2) is 0 Å². The van der Waals surface area contributed by atoms with Gasteiger partial charge in [-0.05, 0) is 48.7 Å². The molecular weight excluding hydrogens is 290 g/mol. The standard InChI is InChI=1S/C16H18ClNOS/c17-12-7-9-13(10-8-12)20-16-6-2-1-4-14(16)15(18)5-3-11-19/h1-2,4,6-10,15,19H,3,5,11,18H2/t15-/m0/s1. The lowest BCUT2D eigenvalue weighted by atomic mass is 10.0. The zero-order chi connectivity index (χ0) is 14.4. The summed E-state index contributed by atoms with van der Waals surface area (Å²) in [7, 11) is 0. The molecular formula is C16H18ClNOS. The van der Waals surface area contributed by atoms with Gasteiger partial charge in [-0.25, -0.2) is 0 Å². The fourth-order valence-corrected chi connectivity index (χ4v) is 3.11. The van der Waals surface area contributed by atoms with E-state index in [1.807, 2.05) is 36.4 Å². The van der Waals surface area contributed by atoms with Crippen LogP contribution in [0.15, 0.2) is 58.3 Å². The number of hydrogen-bond acceptors (Lipinski definition) is 3. The van der Waals surface area contributed by atoms with Gasteiger partial charge in [-0.3, -0.25) is 0 Å². The molecule has 0 aliphatic rings. The minimum absolute atomic E-state index is 0.0434. The molecule has 0 aromatic heterocycles. The van der Waals surface area contributed by atoms with Crippen molar-refractivity contribution in [3.05, 3.63) is 59.1 Å². The Balaban J connectivity index is 2.17. The highest BCUT2D eigenvalue weighted by Crippen LogP contribution is 2.34. The van der Waals surface area contributed by atoms with Crippen molar-refractivity contribution in [1.82, 2.24) is 0 Å². The van der Waals surface area contributed by atoms with Crippen molar-refractivity contribution in [3.63, 3.8) is 0 Å². The van der Waals surface area contributed by atoms with E-state index in [1.54, 1.807) is 11.8 Å². The fraction of sp³-hybridized carbons (Fsp3) is 0.250. The topological polar surface area (TPSA) is 46.2 Å². The normalized spacial score (nSPS) is 12.3. The molecule has 2 aromatic rings. The van der Waals surface area contributed by atoms with E-state index in [0.29, 0.717) is 0 Å². The van der Waals surface area contributed by atoms with Crippen molar-refractivity contribution in [2.75, 3.05) is 6.61 Å². The number of halogens is 1. The van der Waals surface area contributed by atoms with Crippen LogP contribution in [0.2, 0.25) is 5.02 Å². The summed E-state index contributed by atoms with van der Waals surface area (Å²) in [6, 6.07) is 15.9. The molecule has 0 saturated carbocycles. The van der Waals surface area contributed by atoms with Crippen molar-refractivity contribution in [1.29, 1.82) is 0 Å². The predicted molar refractivity (Wildman–Crippen MR) is 85.3 cm³/mol.